The molecule has 0 atom stereocenters. The van der Waals surface area contributed by atoms with E-state index < -0.39 is 5.97 Å². The van der Waals surface area contributed by atoms with Crippen molar-refractivity contribution in [2.75, 3.05) is 26.7 Å². The summed E-state index contributed by atoms with van der Waals surface area (Å²) in [6, 6.07) is 5.74. The number of halogens is 1. The maximum atomic E-state index is 13.0. The van der Waals surface area contributed by atoms with Crippen molar-refractivity contribution in [1.82, 2.24) is 20.2 Å². The number of methoxy groups -OCH3 is 1. The summed E-state index contributed by atoms with van der Waals surface area (Å²) in [7, 11) is 1.33. The number of likely N-dealkylation sites (tertiary alicyclic amines) is 1. The summed E-state index contributed by atoms with van der Waals surface area (Å²) in [6.07, 6.45) is 4.67. The number of piperidine rings is 1. The number of esters is 1. The van der Waals surface area contributed by atoms with Gasteiger partial charge in [0, 0.05) is 53.9 Å². The van der Waals surface area contributed by atoms with E-state index in [-0.39, 0.29) is 17.7 Å². The highest BCUT2D eigenvalue weighted by atomic mass is 35.5. The number of carbonyl (C=O) groups excluding carboxylic acids is 3. The molecule has 4 rings (SSSR count). The fourth-order valence-corrected chi connectivity index (χ4v) is 5.07. The fraction of sp³-hybridized carbons (Fsp3) is 0.423. The number of nitrogens with zero attached hydrogens (tertiary/aromatic N) is 1. The molecule has 0 saturated carbocycles. The van der Waals surface area contributed by atoms with Crippen LogP contribution >= 0.6 is 11.6 Å². The Morgan fingerprint density at radius 2 is 1.94 bits per heavy atom. The van der Waals surface area contributed by atoms with Gasteiger partial charge in [0.15, 0.2) is 0 Å². The van der Waals surface area contributed by atoms with Gasteiger partial charge in [-0.15, -0.1) is 0 Å². The van der Waals surface area contributed by atoms with Gasteiger partial charge >= 0.3 is 5.97 Å². The second-order valence-electron chi connectivity index (χ2n) is 9.16. The predicted octanol–water partition coefficient (Wildman–Crippen LogP) is 4.15. The number of carbonyl (C=O) groups is 3. The van der Waals surface area contributed by atoms with E-state index in [4.69, 9.17) is 16.3 Å². The molecule has 1 aliphatic heterocycles. The first-order valence-corrected chi connectivity index (χ1v) is 12.2. The first kappa shape index (κ1) is 24.9. The Kier molecular flexibility index (Phi) is 7.50. The van der Waals surface area contributed by atoms with E-state index in [1.54, 1.807) is 18.7 Å². The summed E-state index contributed by atoms with van der Waals surface area (Å²) < 4.78 is 4.83. The van der Waals surface area contributed by atoms with Gasteiger partial charge in [-0.3, -0.25) is 9.59 Å². The van der Waals surface area contributed by atoms with Crippen LogP contribution in [0.5, 0.6) is 0 Å². The first-order valence-electron chi connectivity index (χ1n) is 11.9. The third kappa shape index (κ3) is 5.37. The Morgan fingerprint density at radius 3 is 2.66 bits per heavy atom. The van der Waals surface area contributed by atoms with Crippen LogP contribution in [0.2, 0.25) is 5.02 Å². The number of hydrogen-bond donors (Lipinski definition) is 3. The quantitative estimate of drug-likeness (QED) is 0.425. The lowest BCUT2D eigenvalue weighted by atomic mass is 9.93. The molecule has 35 heavy (non-hydrogen) atoms. The Balaban J connectivity index is 1.24. The van der Waals surface area contributed by atoms with Crippen LogP contribution in [-0.2, 0) is 16.0 Å². The van der Waals surface area contributed by atoms with E-state index in [0.717, 1.165) is 35.7 Å². The van der Waals surface area contributed by atoms with Gasteiger partial charge < -0.3 is 24.9 Å². The molecule has 0 unspecified atom stereocenters. The smallest absolute Gasteiger partial charge is 0.339 e. The number of hydrogen-bond acceptors (Lipinski definition) is 4. The summed E-state index contributed by atoms with van der Waals surface area (Å²) in [5.74, 6) is -0.301. The molecule has 9 heteroatoms. The van der Waals surface area contributed by atoms with Crippen LogP contribution in [0.4, 0.5) is 0 Å². The van der Waals surface area contributed by atoms with E-state index >= 15 is 0 Å². The molecule has 1 aromatic carbocycles. The Bertz CT molecular complexity index is 1250. The van der Waals surface area contributed by atoms with Crippen molar-refractivity contribution in [2.45, 2.75) is 39.5 Å². The molecule has 1 aliphatic rings. The number of nitrogens with one attached hydrogen (secondary N) is 3. The average molecular weight is 499 g/mol. The molecular weight excluding hydrogens is 468 g/mol. The number of ether oxygens (including phenoxy) is 1. The number of aromatic nitrogens is 2. The third-order valence-corrected chi connectivity index (χ3v) is 7.10. The minimum Gasteiger partial charge on any atom is -0.465 e. The molecule has 3 N–H and O–H groups in total. The van der Waals surface area contributed by atoms with Crippen molar-refractivity contribution in [3.63, 3.8) is 0 Å². The molecule has 186 valence electrons. The van der Waals surface area contributed by atoms with E-state index in [0.29, 0.717) is 53.6 Å². The highest BCUT2D eigenvalue weighted by molar-refractivity contribution is 6.31. The zero-order valence-corrected chi connectivity index (χ0v) is 21.1. The lowest BCUT2D eigenvalue weighted by Gasteiger charge is -2.31. The second kappa shape index (κ2) is 10.6. The molecule has 1 saturated heterocycles. The second-order valence-corrected chi connectivity index (χ2v) is 9.60. The van der Waals surface area contributed by atoms with Gasteiger partial charge in [-0.1, -0.05) is 11.6 Å². The van der Waals surface area contributed by atoms with Crippen LogP contribution in [0.25, 0.3) is 10.9 Å². The Morgan fingerprint density at radius 1 is 1.20 bits per heavy atom. The van der Waals surface area contributed by atoms with Crippen molar-refractivity contribution in [3.05, 3.63) is 57.5 Å². The van der Waals surface area contributed by atoms with Gasteiger partial charge in [-0.2, -0.15) is 0 Å². The fourth-order valence-electron chi connectivity index (χ4n) is 4.90. The molecule has 3 aromatic rings. The maximum Gasteiger partial charge on any atom is 0.339 e. The highest BCUT2D eigenvalue weighted by Crippen LogP contribution is 2.25. The van der Waals surface area contributed by atoms with Gasteiger partial charge in [0.1, 0.15) is 5.69 Å². The standard InChI is InChI=1S/C26H31ClN4O4/c1-15-23(26(34)35-3)16(2)30-24(15)25(33)31-10-7-17(8-11-31)12-22(32)28-9-6-18-14-29-21-5-4-19(27)13-20(18)21/h4-5,13-14,17,29-30H,6-12H2,1-3H3,(H,28,32). The number of H-pyrrole nitrogens is 2. The average Bonchev–Trinajstić information content (AvgIpc) is 3.38. The van der Waals surface area contributed by atoms with Crippen molar-refractivity contribution < 1.29 is 19.1 Å². The highest BCUT2D eigenvalue weighted by Gasteiger charge is 2.29. The zero-order valence-electron chi connectivity index (χ0n) is 20.3. The number of fused-ring (bicyclic) bond motifs is 1. The topological polar surface area (TPSA) is 107 Å². The first-order chi connectivity index (χ1) is 16.8. The number of rotatable bonds is 7. The maximum absolute atomic E-state index is 13.0. The lowest BCUT2D eigenvalue weighted by molar-refractivity contribution is -0.122. The largest absolute Gasteiger partial charge is 0.465 e. The Hall–Kier alpha value is -3.26. The number of benzene rings is 1. The molecule has 8 nitrogen and oxygen atoms in total. The van der Waals surface area contributed by atoms with Gasteiger partial charge in [-0.25, -0.2) is 4.79 Å². The van der Waals surface area contributed by atoms with Crippen LogP contribution in [0.15, 0.2) is 24.4 Å². The van der Waals surface area contributed by atoms with Crippen molar-refractivity contribution >= 4 is 40.3 Å². The van der Waals surface area contributed by atoms with E-state index in [1.165, 1.54) is 7.11 Å². The molecule has 0 aliphatic carbocycles. The van der Waals surface area contributed by atoms with Crippen LogP contribution in [0.1, 0.15) is 56.9 Å². The third-order valence-electron chi connectivity index (χ3n) is 6.86. The van der Waals surface area contributed by atoms with Gasteiger partial charge in [-0.05, 0) is 68.4 Å². The molecule has 0 radical (unpaired) electrons. The molecular formula is C26H31ClN4O4. The molecule has 1 fully saturated rings. The van der Waals surface area contributed by atoms with Crippen molar-refractivity contribution in [1.29, 1.82) is 0 Å². The summed E-state index contributed by atoms with van der Waals surface area (Å²) in [5, 5.41) is 4.80. The molecule has 3 heterocycles. The van der Waals surface area contributed by atoms with E-state index in [1.807, 2.05) is 24.4 Å². The van der Waals surface area contributed by atoms with Gasteiger partial charge in [0.25, 0.3) is 5.91 Å². The van der Waals surface area contributed by atoms with E-state index in [9.17, 15) is 14.4 Å². The minimum absolute atomic E-state index is 0.0335. The monoisotopic (exact) mass is 498 g/mol. The predicted molar refractivity (Wildman–Crippen MR) is 135 cm³/mol. The molecule has 2 amide bonds. The number of amides is 2. The zero-order chi connectivity index (χ0) is 25.1. The van der Waals surface area contributed by atoms with E-state index in [2.05, 4.69) is 15.3 Å². The normalized spacial score (nSPS) is 14.3. The molecule has 0 spiro atoms. The summed E-state index contributed by atoms with van der Waals surface area (Å²) in [6.45, 7) is 5.24. The van der Waals surface area contributed by atoms with Crippen LogP contribution in [-0.4, -0.2) is 59.4 Å². The Labute approximate surface area is 209 Å². The van der Waals surface area contributed by atoms with Crippen LogP contribution < -0.4 is 5.32 Å². The minimum atomic E-state index is -0.450. The number of aromatic amines is 2. The van der Waals surface area contributed by atoms with Crippen molar-refractivity contribution in [3.8, 4) is 0 Å². The van der Waals surface area contributed by atoms with Crippen molar-refractivity contribution in [2.24, 2.45) is 5.92 Å². The molecule has 2 aromatic heterocycles. The SMILES string of the molecule is COC(=O)c1c(C)[nH]c(C(=O)N2CCC(CC(=O)NCCc3c[nH]c4ccc(Cl)cc34)CC2)c1C. The number of aryl methyl sites for hydroxylation is 1. The van der Waals surface area contributed by atoms with Gasteiger partial charge in [0.05, 0.1) is 12.7 Å². The molecule has 0 bridgehead atoms. The van der Waals surface area contributed by atoms with Crippen LogP contribution in [0, 0.1) is 19.8 Å². The summed E-state index contributed by atoms with van der Waals surface area (Å²) in [4.78, 5) is 45.6. The summed E-state index contributed by atoms with van der Waals surface area (Å²) >= 11 is 6.11. The lowest BCUT2D eigenvalue weighted by Crippen LogP contribution is -2.40. The van der Waals surface area contributed by atoms with Gasteiger partial charge in [0.2, 0.25) is 5.91 Å². The van der Waals surface area contributed by atoms with Crippen LogP contribution in [0.3, 0.4) is 0 Å². The summed E-state index contributed by atoms with van der Waals surface area (Å²) in [5.41, 5.74) is 4.23.